The van der Waals surface area contributed by atoms with E-state index in [1.807, 2.05) is 11.3 Å². The second-order valence-corrected chi connectivity index (χ2v) is 5.12. The molecule has 0 bridgehead atoms. The van der Waals surface area contributed by atoms with Crippen molar-refractivity contribution in [3.8, 4) is 0 Å². The molecule has 1 atom stereocenters. The summed E-state index contributed by atoms with van der Waals surface area (Å²) in [7, 11) is 0. The van der Waals surface area contributed by atoms with Gasteiger partial charge in [-0.3, -0.25) is 0 Å². The molecule has 0 radical (unpaired) electrons. The summed E-state index contributed by atoms with van der Waals surface area (Å²) in [6, 6.07) is 4.37. The first-order chi connectivity index (χ1) is 7.45. The molecule has 0 aromatic carbocycles. The maximum absolute atomic E-state index is 2.50. The third kappa shape index (κ3) is 1.63. The van der Waals surface area contributed by atoms with E-state index >= 15 is 0 Å². The molecule has 1 saturated heterocycles. The Morgan fingerprint density at radius 1 is 1.40 bits per heavy atom. The number of fused-ring (bicyclic) bond motifs is 1. The Balaban J connectivity index is 1.94. The number of rotatable bonds is 1. The Morgan fingerprint density at radius 2 is 2.40 bits per heavy atom. The van der Waals surface area contributed by atoms with Gasteiger partial charge in [-0.05, 0) is 42.9 Å². The molecule has 0 amide bonds. The van der Waals surface area contributed by atoms with Crippen LogP contribution in [0.1, 0.15) is 19.3 Å². The predicted octanol–water partition coefficient (Wildman–Crippen LogP) is 3.81. The molecule has 2 heteroatoms. The molecule has 1 aliphatic carbocycles. The molecule has 0 N–H and O–H groups in total. The van der Waals surface area contributed by atoms with E-state index in [9.17, 15) is 0 Å². The van der Waals surface area contributed by atoms with E-state index in [1.165, 1.54) is 36.5 Å². The molecule has 1 aromatic rings. The van der Waals surface area contributed by atoms with Crippen LogP contribution >= 0.6 is 11.3 Å². The first kappa shape index (κ1) is 9.22. The van der Waals surface area contributed by atoms with Gasteiger partial charge < -0.3 is 4.90 Å². The van der Waals surface area contributed by atoms with Gasteiger partial charge >= 0.3 is 0 Å². The van der Waals surface area contributed by atoms with Gasteiger partial charge in [-0.1, -0.05) is 12.2 Å². The fraction of sp³-hybridized carbons (Fsp3) is 0.385. The summed E-state index contributed by atoms with van der Waals surface area (Å²) in [4.78, 5) is 2.50. The van der Waals surface area contributed by atoms with Crippen LogP contribution in [0, 0.1) is 5.92 Å². The van der Waals surface area contributed by atoms with Gasteiger partial charge in [-0.15, -0.1) is 11.3 Å². The van der Waals surface area contributed by atoms with Crippen LogP contribution < -0.4 is 4.90 Å². The lowest BCUT2D eigenvalue weighted by molar-refractivity contribution is 0.477. The number of nitrogens with zero attached hydrogens (tertiary/aromatic N) is 1. The van der Waals surface area contributed by atoms with Gasteiger partial charge in [0.15, 0.2) is 0 Å². The van der Waals surface area contributed by atoms with Crippen molar-refractivity contribution in [3.05, 3.63) is 41.4 Å². The fourth-order valence-electron chi connectivity index (χ4n) is 2.53. The molecule has 1 nitrogen and oxygen atoms in total. The minimum absolute atomic E-state index is 0.769. The van der Waals surface area contributed by atoms with E-state index in [4.69, 9.17) is 0 Å². The number of hydrogen-bond acceptors (Lipinski definition) is 2. The Bertz CT molecular complexity index is 389. The number of allylic oxidation sites excluding steroid dienone is 4. The van der Waals surface area contributed by atoms with E-state index in [0.29, 0.717) is 0 Å². The number of anilines is 1. The van der Waals surface area contributed by atoms with Crippen molar-refractivity contribution in [1.82, 2.24) is 0 Å². The Kier molecular flexibility index (Phi) is 2.37. The highest BCUT2D eigenvalue weighted by Gasteiger charge is 2.26. The zero-order valence-electron chi connectivity index (χ0n) is 8.73. The molecule has 2 aliphatic rings. The first-order valence-corrected chi connectivity index (χ1v) is 6.51. The zero-order valence-corrected chi connectivity index (χ0v) is 9.54. The van der Waals surface area contributed by atoms with Gasteiger partial charge in [0.2, 0.25) is 0 Å². The van der Waals surface area contributed by atoms with Crippen molar-refractivity contribution < 1.29 is 0 Å². The minimum Gasteiger partial charge on any atom is -0.337 e. The summed E-state index contributed by atoms with van der Waals surface area (Å²) in [6.45, 7) is 1.19. The van der Waals surface area contributed by atoms with Gasteiger partial charge in [0.1, 0.15) is 0 Å². The average molecular weight is 217 g/mol. The van der Waals surface area contributed by atoms with Crippen molar-refractivity contribution >= 4 is 16.3 Å². The quantitative estimate of drug-likeness (QED) is 0.691. The van der Waals surface area contributed by atoms with E-state index < -0.39 is 0 Å². The fourth-order valence-corrected chi connectivity index (χ4v) is 3.31. The van der Waals surface area contributed by atoms with Gasteiger partial charge in [0.25, 0.3) is 0 Å². The molecule has 1 unspecified atom stereocenters. The second-order valence-electron chi connectivity index (χ2n) is 4.20. The van der Waals surface area contributed by atoms with Crippen molar-refractivity contribution in [3.63, 3.8) is 0 Å². The van der Waals surface area contributed by atoms with E-state index in [-0.39, 0.29) is 0 Å². The summed E-state index contributed by atoms with van der Waals surface area (Å²) in [5.41, 5.74) is 1.53. The van der Waals surface area contributed by atoms with E-state index in [2.05, 4.69) is 40.6 Å². The normalized spacial score (nSPS) is 24.9. The average Bonchev–Trinajstić information content (AvgIpc) is 2.82. The highest BCUT2D eigenvalue weighted by molar-refractivity contribution is 7.14. The predicted molar refractivity (Wildman–Crippen MR) is 66.2 cm³/mol. The minimum atomic E-state index is 0.769. The Hall–Kier alpha value is -1.02. The molecule has 15 heavy (non-hydrogen) atoms. The summed E-state index contributed by atoms with van der Waals surface area (Å²) >= 11 is 1.85. The van der Waals surface area contributed by atoms with Crippen LogP contribution in [0.25, 0.3) is 0 Å². The topological polar surface area (TPSA) is 3.24 Å². The molecule has 2 heterocycles. The molecular weight excluding hydrogens is 202 g/mol. The zero-order chi connectivity index (χ0) is 10.1. The smallest absolute Gasteiger partial charge is 0.0950 e. The standard InChI is InChI=1S/C13H15NS/c1-2-7-12-11(5-1)6-3-9-14(12)13-8-4-10-15-13/h1-2,4,7-8,10-11H,3,5-6,9H2. The summed E-state index contributed by atoms with van der Waals surface area (Å²) in [5, 5.41) is 3.57. The molecule has 1 aromatic heterocycles. The molecule has 0 spiro atoms. The van der Waals surface area contributed by atoms with Crippen molar-refractivity contribution in [2.24, 2.45) is 5.92 Å². The molecule has 1 fully saturated rings. The van der Waals surface area contributed by atoms with E-state index in [0.717, 1.165) is 5.92 Å². The van der Waals surface area contributed by atoms with Crippen molar-refractivity contribution in [2.45, 2.75) is 19.3 Å². The van der Waals surface area contributed by atoms with Gasteiger partial charge in [0, 0.05) is 18.2 Å². The van der Waals surface area contributed by atoms with E-state index in [1.54, 1.807) is 0 Å². The first-order valence-electron chi connectivity index (χ1n) is 5.63. The van der Waals surface area contributed by atoms with Crippen LogP contribution in [0.15, 0.2) is 41.4 Å². The lowest BCUT2D eigenvalue weighted by Crippen LogP contribution is -2.33. The van der Waals surface area contributed by atoms with Crippen LogP contribution in [-0.4, -0.2) is 6.54 Å². The molecular formula is C13H15NS. The summed E-state index contributed by atoms with van der Waals surface area (Å²) < 4.78 is 0. The lowest BCUT2D eigenvalue weighted by atomic mass is 9.88. The van der Waals surface area contributed by atoms with Crippen molar-refractivity contribution in [1.29, 1.82) is 0 Å². The van der Waals surface area contributed by atoms with Crippen molar-refractivity contribution in [2.75, 3.05) is 11.4 Å². The lowest BCUT2D eigenvalue weighted by Gasteiger charge is -2.37. The van der Waals surface area contributed by atoms with Gasteiger partial charge in [-0.2, -0.15) is 0 Å². The highest BCUT2D eigenvalue weighted by atomic mass is 32.1. The van der Waals surface area contributed by atoms with Gasteiger partial charge in [-0.25, -0.2) is 0 Å². The molecule has 78 valence electrons. The Labute approximate surface area is 94.7 Å². The monoisotopic (exact) mass is 217 g/mol. The molecule has 3 rings (SSSR count). The van der Waals surface area contributed by atoms with Crippen LogP contribution in [-0.2, 0) is 0 Å². The summed E-state index contributed by atoms with van der Waals surface area (Å²) in [5.74, 6) is 0.769. The van der Waals surface area contributed by atoms with Crippen LogP contribution in [0.3, 0.4) is 0 Å². The van der Waals surface area contributed by atoms with Crippen LogP contribution in [0.2, 0.25) is 0 Å². The van der Waals surface area contributed by atoms with Gasteiger partial charge in [0.05, 0.1) is 5.00 Å². The number of hydrogen-bond donors (Lipinski definition) is 0. The third-order valence-corrected chi connectivity index (χ3v) is 4.15. The number of thiophene rings is 1. The maximum Gasteiger partial charge on any atom is 0.0950 e. The van der Waals surface area contributed by atoms with Crippen LogP contribution in [0.4, 0.5) is 5.00 Å². The highest BCUT2D eigenvalue weighted by Crippen LogP contribution is 2.37. The van der Waals surface area contributed by atoms with Crippen LogP contribution in [0.5, 0.6) is 0 Å². The Morgan fingerprint density at radius 3 is 3.27 bits per heavy atom. The largest absolute Gasteiger partial charge is 0.337 e. The summed E-state index contributed by atoms with van der Waals surface area (Å²) in [6.07, 6.45) is 10.7. The SMILES string of the molecule is C1=CCC2CCCN(c3cccs3)C2=C1. The second kappa shape index (κ2) is 3.86. The maximum atomic E-state index is 2.50. The number of piperidine rings is 1. The third-order valence-electron chi connectivity index (χ3n) is 3.26. The molecule has 0 saturated carbocycles. The molecule has 1 aliphatic heterocycles.